The molecule has 82 valence electrons. The van der Waals surface area contributed by atoms with E-state index < -0.39 is 0 Å². The molecule has 0 aromatic heterocycles. The minimum absolute atomic E-state index is 0.250. The molecule has 1 aromatic carbocycles. The first-order valence-corrected chi connectivity index (χ1v) is 4.49. The van der Waals surface area contributed by atoms with Gasteiger partial charge in [0, 0.05) is 7.11 Å². The van der Waals surface area contributed by atoms with E-state index in [-0.39, 0.29) is 6.15 Å². The van der Waals surface area contributed by atoms with Gasteiger partial charge in [0.2, 0.25) is 0 Å². The molecule has 1 aromatic rings. The molecule has 0 heterocycles. The van der Waals surface area contributed by atoms with Gasteiger partial charge in [-0.2, -0.15) is 9.59 Å². The number of rotatable bonds is 4. The maximum atomic E-state index is 8.12. The second kappa shape index (κ2) is 9.21. The predicted octanol–water partition coefficient (Wildman–Crippen LogP) is 1.78. The molecule has 0 aliphatic heterocycles. The summed E-state index contributed by atoms with van der Waals surface area (Å²) in [4.78, 5) is 16.2. The van der Waals surface area contributed by atoms with E-state index in [4.69, 9.17) is 30.7 Å². The highest BCUT2D eigenvalue weighted by Crippen LogP contribution is 2.22. The number of halogens is 1. The summed E-state index contributed by atoms with van der Waals surface area (Å²) in [6, 6.07) is 7.38. The molecule has 5 heteroatoms. The average molecular weight is 231 g/mol. The van der Waals surface area contributed by atoms with Crippen molar-refractivity contribution in [2.75, 3.05) is 20.3 Å². The van der Waals surface area contributed by atoms with Gasteiger partial charge < -0.3 is 9.47 Å². The third kappa shape index (κ3) is 6.69. The van der Waals surface area contributed by atoms with Gasteiger partial charge in [0.25, 0.3) is 0 Å². The predicted molar refractivity (Wildman–Crippen MR) is 53.8 cm³/mol. The maximum Gasteiger partial charge on any atom is 0.373 e. The maximum absolute atomic E-state index is 8.12. The number of para-hydroxylation sites is 1. The van der Waals surface area contributed by atoms with Crippen LogP contribution in [0.25, 0.3) is 0 Å². The molecule has 0 N–H and O–H groups in total. The molecule has 0 aliphatic carbocycles. The van der Waals surface area contributed by atoms with E-state index in [1.54, 1.807) is 13.2 Å². The Labute approximate surface area is 92.8 Å². The van der Waals surface area contributed by atoms with Crippen LogP contribution in [0, 0.1) is 0 Å². The Morgan fingerprint density at radius 2 is 1.87 bits per heavy atom. The monoisotopic (exact) mass is 230 g/mol. The van der Waals surface area contributed by atoms with Crippen LogP contribution in [0.1, 0.15) is 0 Å². The summed E-state index contributed by atoms with van der Waals surface area (Å²) >= 11 is 5.84. The van der Waals surface area contributed by atoms with Crippen molar-refractivity contribution < 1.29 is 19.1 Å². The molecule has 4 nitrogen and oxygen atoms in total. The summed E-state index contributed by atoms with van der Waals surface area (Å²) in [5, 5.41) is 0.633. The summed E-state index contributed by atoms with van der Waals surface area (Å²) in [6.07, 6.45) is 0.250. The molecule has 0 bridgehead atoms. The molecule has 0 aliphatic rings. The molecule has 0 fully saturated rings. The minimum atomic E-state index is 0.250. The van der Waals surface area contributed by atoms with E-state index in [0.29, 0.717) is 24.0 Å². The van der Waals surface area contributed by atoms with Crippen LogP contribution < -0.4 is 4.74 Å². The largest absolute Gasteiger partial charge is 0.490 e. The van der Waals surface area contributed by atoms with Crippen molar-refractivity contribution in [1.82, 2.24) is 0 Å². The van der Waals surface area contributed by atoms with Crippen LogP contribution in [-0.4, -0.2) is 26.5 Å². The lowest BCUT2D eigenvalue weighted by molar-refractivity contribution is -0.191. The molecular weight excluding hydrogens is 220 g/mol. The molecule has 0 radical (unpaired) electrons. The molecule has 15 heavy (non-hydrogen) atoms. The summed E-state index contributed by atoms with van der Waals surface area (Å²) in [5.41, 5.74) is 0. The fourth-order valence-corrected chi connectivity index (χ4v) is 0.987. The van der Waals surface area contributed by atoms with Gasteiger partial charge in [-0.1, -0.05) is 23.7 Å². The zero-order valence-electron chi connectivity index (χ0n) is 8.23. The van der Waals surface area contributed by atoms with Crippen molar-refractivity contribution in [2.24, 2.45) is 0 Å². The average Bonchev–Trinajstić information content (AvgIpc) is 2.22. The molecule has 0 atom stereocenters. The molecule has 0 saturated heterocycles. The van der Waals surface area contributed by atoms with Gasteiger partial charge in [-0.25, -0.2) is 0 Å². The molecule has 0 unspecified atom stereocenters. The lowest BCUT2D eigenvalue weighted by Crippen LogP contribution is -2.04. The third-order valence-corrected chi connectivity index (χ3v) is 1.69. The first kappa shape index (κ1) is 13.7. The molecule has 0 spiro atoms. The second-order valence-corrected chi connectivity index (χ2v) is 2.76. The number of ether oxygens (including phenoxy) is 2. The third-order valence-electron chi connectivity index (χ3n) is 1.38. The van der Waals surface area contributed by atoms with E-state index >= 15 is 0 Å². The number of benzene rings is 1. The highest BCUT2D eigenvalue weighted by atomic mass is 35.5. The molecular formula is C10H11ClO4. The quantitative estimate of drug-likeness (QED) is 0.740. The first-order chi connectivity index (χ1) is 7.26. The molecule has 1 rings (SSSR count). The number of carbonyl (C=O) groups excluding carboxylic acids is 2. The standard InChI is InChI=1S/C9H11ClO2.CO2/c1-11-6-7-12-9-5-3-2-4-8(9)10;2-1-3/h2-5H,6-7H2,1H3;. The van der Waals surface area contributed by atoms with Crippen molar-refractivity contribution in [3.8, 4) is 5.75 Å². The Morgan fingerprint density at radius 3 is 2.40 bits per heavy atom. The van der Waals surface area contributed by atoms with Crippen molar-refractivity contribution in [2.45, 2.75) is 0 Å². The lowest BCUT2D eigenvalue weighted by Gasteiger charge is -2.05. The second-order valence-electron chi connectivity index (χ2n) is 2.36. The van der Waals surface area contributed by atoms with Crippen LogP contribution >= 0.6 is 11.6 Å². The van der Waals surface area contributed by atoms with Gasteiger partial charge >= 0.3 is 6.15 Å². The normalized spacial score (nSPS) is 8.40. The summed E-state index contributed by atoms with van der Waals surface area (Å²) < 4.78 is 10.2. The van der Waals surface area contributed by atoms with Gasteiger partial charge in [0.05, 0.1) is 11.6 Å². The Balaban J connectivity index is 0.000000583. The van der Waals surface area contributed by atoms with Crippen LogP contribution in [0.2, 0.25) is 5.02 Å². The summed E-state index contributed by atoms with van der Waals surface area (Å²) in [6.45, 7) is 1.10. The van der Waals surface area contributed by atoms with Gasteiger partial charge in [0.1, 0.15) is 12.4 Å². The molecule has 0 saturated carbocycles. The van der Waals surface area contributed by atoms with Gasteiger partial charge in [-0.05, 0) is 12.1 Å². The number of hydrogen-bond acceptors (Lipinski definition) is 4. The van der Waals surface area contributed by atoms with Crippen LogP contribution in [-0.2, 0) is 14.3 Å². The van der Waals surface area contributed by atoms with Gasteiger partial charge in [0.15, 0.2) is 0 Å². The van der Waals surface area contributed by atoms with Crippen LogP contribution in [0.15, 0.2) is 24.3 Å². The Bertz CT molecular complexity index is 308. The van der Waals surface area contributed by atoms with Crippen LogP contribution in [0.4, 0.5) is 0 Å². The molecule has 0 amide bonds. The van der Waals surface area contributed by atoms with Crippen LogP contribution in [0.5, 0.6) is 5.75 Å². The van der Waals surface area contributed by atoms with Crippen molar-refractivity contribution in [1.29, 1.82) is 0 Å². The fourth-order valence-electron chi connectivity index (χ4n) is 0.797. The lowest BCUT2D eigenvalue weighted by atomic mass is 10.3. The van der Waals surface area contributed by atoms with E-state index in [9.17, 15) is 0 Å². The zero-order valence-corrected chi connectivity index (χ0v) is 8.99. The van der Waals surface area contributed by atoms with Crippen LogP contribution in [0.3, 0.4) is 0 Å². The number of methoxy groups -OCH3 is 1. The smallest absolute Gasteiger partial charge is 0.373 e. The fraction of sp³-hybridized carbons (Fsp3) is 0.300. The highest BCUT2D eigenvalue weighted by Gasteiger charge is 1.97. The van der Waals surface area contributed by atoms with Crippen molar-refractivity contribution in [3.63, 3.8) is 0 Å². The van der Waals surface area contributed by atoms with Gasteiger partial charge in [-0.15, -0.1) is 0 Å². The van der Waals surface area contributed by atoms with E-state index in [0.717, 1.165) is 0 Å². The van der Waals surface area contributed by atoms with E-state index in [1.807, 2.05) is 18.2 Å². The minimum Gasteiger partial charge on any atom is -0.490 e. The van der Waals surface area contributed by atoms with Crippen molar-refractivity contribution >= 4 is 17.8 Å². The van der Waals surface area contributed by atoms with E-state index in [2.05, 4.69) is 0 Å². The Morgan fingerprint density at radius 1 is 1.27 bits per heavy atom. The van der Waals surface area contributed by atoms with Crippen molar-refractivity contribution in [3.05, 3.63) is 29.3 Å². The topological polar surface area (TPSA) is 52.6 Å². The van der Waals surface area contributed by atoms with Gasteiger partial charge in [-0.3, -0.25) is 0 Å². The van der Waals surface area contributed by atoms with E-state index in [1.165, 1.54) is 0 Å². The highest BCUT2D eigenvalue weighted by molar-refractivity contribution is 6.32. The summed E-state index contributed by atoms with van der Waals surface area (Å²) in [7, 11) is 1.63. The zero-order chi connectivity index (χ0) is 11.5. The summed E-state index contributed by atoms with van der Waals surface area (Å²) in [5.74, 6) is 0.705. The Hall–Kier alpha value is -1.35. The first-order valence-electron chi connectivity index (χ1n) is 4.11. The SMILES string of the molecule is COCCOc1ccccc1Cl.O=C=O. The Kier molecular flexibility index (Phi) is 8.39. The number of hydrogen-bond donors (Lipinski definition) is 0.